The Morgan fingerprint density at radius 1 is 1.35 bits per heavy atom. The predicted octanol–water partition coefficient (Wildman–Crippen LogP) is 2.76. The molecule has 1 aliphatic rings. The number of hydrogen-bond acceptors (Lipinski definition) is 3. The van der Waals surface area contributed by atoms with Crippen molar-refractivity contribution in [2.24, 2.45) is 5.92 Å². The maximum absolute atomic E-state index is 12.1. The minimum atomic E-state index is -0.812. The summed E-state index contributed by atoms with van der Waals surface area (Å²) in [6.07, 6.45) is 1.41. The molecule has 1 aliphatic heterocycles. The fraction of sp³-hybridized carbons (Fsp3) is 0.429. The van der Waals surface area contributed by atoms with Gasteiger partial charge < -0.3 is 10.0 Å². The van der Waals surface area contributed by atoms with E-state index in [0.29, 0.717) is 30.3 Å². The smallest absolute Gasteiger partial charge is 0.308 e. The summed E-state index contributed by atoms with van der Waals surface area (Å²) in [7, 11) is 0. The van der Waals surface area contributed by atoms with Crippen LogP contribution in [0.25, 0.3) is 0 Å². The summed E-state index contributed by atoms with van der Waals surface area (Å²) in [6, 6.07) is 7.32. The maximum atomic E-state index is 12.1. The molecule has 0 radical (unpaired) electrons. The Labute approximate surface area is 127 Å². The van der Waals surface area contributed by atoms with Crippen LogP contribution < -0.4 is 0 Å². The molecule has 1 saturated heterocycles. The van der Waals surface area contributed by atoms with Gasteiger partial charge in [-0.2, -0.15) is 0 Å². The monoisotopic (exact) mass is 313 g/mol. The summed E-state index contributed by atoms with van der Waals surface area (Å²) in [5.41, 5.74) is 0. The molecular formula is C14H16ClNO3S. The van der Waals surface area contributed by atoms with E-state index in [4.69, 9.17) is 16.7 Å². The van der Waals surface area contributed by atoms with E-state index in [1.165, 1.54) is 11.8 Å². The largest absolute Gasteiger partial charge is 0.481 e. The van der Waals surface area contributed by atoms with Crippen molar-refractivity contribution in [3.8, 4) is 0 Å². The molecule has 1 aromatic carbocycles. The third kappa shape index (κ3) is 4.15. The highest BCUT2D eigenvalue weighted by atomic mass is 35.5. The van der Waals surface area contributed by atoms with Crippen molar-refractivity contribution in [1.29, 1.82) is 0 Å². The van der Waals surface area contributed by atoms with Crippen LogP contribution in [0.4, 0.5) is 0 Å². The number of amides is 1. The van der Waals surface area contributed by atoms with Crippen LogP contribution >= 0.6 is 23.4 Å². The van der Waals surface area contributed by atoms with Gasteiger partial charge in [-0.25, -0.2) is 0 Å². The van der Waals surface area contributed by atoms with Gasteiger partial charge >= 0.3 is 5.97 Å². The number of benzene rings is 1. The van der Waals surface area contributed by atoms with Crippen molar-refractivity contribution < 1.29 is 14.7 Å². The van der Waals surface area contributed by atoms with E-state index in [-0.39, 0.29) is 5.91 Å². The third-order valence-corrected chi connectivity index (χ3v) is 4.55. The van der Waals surface area contributed by atoms with Crippen LogP contribution in [0.3, 0.4) is 0 Å². The SMILES string of the molecule is O=C(O)[C@H]1CCCN(C(=O)CSc2ccc(Cl)cc2)C1. The van der Waals surface area contributed by atoms with Crippen LogP contribution in [0.2, 0.25) is 5.02 Å². The topological polar surface area (TPSA) is 57.6 Å². The molecule has 6 heteroatoms. The summed E-state index contributed by atoms with van der Waals surface area (Å²) in [6.45, 7) is 0.985. The molecule has 0 unspecified atom stereocenters. The molecule has 1 aromatic rings. The number of carbonyl (C=O) groups excluding carboxylic acids is 1. The van der Waals surface area contributed by atoms with Crippen molar-refractivity contribution in [2.75, 3.05) is 18.8 Å². The Hall–Kier alpha value is -1.20. The number of hydrogen-bond donors (Lipinski definition) is 1. The lowest BCUT2D eigenvalue weighted by Gasteiger charge is -2.30. The first-order chi connectivity index (χ1) is 9.56. The van der Waals surface area contributed by atoms with Gasteiger partial charge in [-0.05, 0) is 37.1 Å². The molecule has 1 amide bonds. The number of nitrogens with zero attached hydrogens (tertiary/aromatic N) is 1. The molecule has 2 rings (SSSR count). The van der Waals surface area contributed by atoms with Gasteiger partial charge in [0.15, 0.2) is 0 Å². The van der Waals surface area contributed by atoms with Crippen LogP contribution in [-0.2, 0) is 9.59 Å². The molecule has 108 valence electrons. The second-order valence-electron chi connectivity index (χ2n) is 4.76. The number of aliphatic carboxylic acids is 1. The number of thioether (sulfide) groups is 1. The lowest BCUT2D eigenvalue weighted by Crippen LogP contribution is -2.43. The molecule has 1 N–H and O–H groups in total. The third-order valence-electron chi connectivity index (χ3n) is 3.30. The first-order valence-corrected chi connectivity index (χ1v) is 7.81. The number of piperidine rings is 1. The van der Waals surface area contributed by atoms with Gasteiger partial charge in [0.2, 0.25) is 5.91 Å². The van der Waals surface area contributed by atoms with E-state index in [2.05, 4.69) is 0 Å². The Morgan fingerprint density at radius 3 is 2.70 bits per heavy atom. The molecule has 0 bridgehead atoms. The van der Waals surface area contributed by atoms with Crippen LogP contribution in [0.1, 0.15) is 12.8 Å². The Morgan fingerprint density at radius 2 is 2.05 bits per heavy atom. The fourth-order valence-corrected chi connectivity index (χ4v) is 3.10. The van der Waals surface area contributed by atoms with Crippen LogP contribution in [-0.4, -0.2) is 40.7 Å². The Bertz CT molecular complexity index is 492. The molecular weight excluding hydrogens is 298 g/mol. The first-order valence-electron chi connectivity index (χ1n) is 6.45. The number of carboxylic acid groups (broad SMARTS) is 1. The molecule has 0 aromatic heterocycles. The summed E-state index contributed by atoms with van der Waals surface area (Å²) in [5.74, 6) is -0.912. The van der Waals surface area contributed by atoms with Crippen molar-refractivity contribution in [3.63, 3.8) is 0 Å². The number of halogens is 1. The van der Waals surface area contributed by atoms with Crippen molar-refractivity contribution in [3.05, 3.63) is 29.3 Å². The van der Waals surface area contributed by atoms with Gasteiger partial charge in [0.25, 0.3) is 0 Å². The normalized spacial score (nSPS) is 18.9. The minimum absolute atomic E-state index is 0.00380. The minimum Gasteiger partial charge on any atom is -0.481 e. The molecule has 1 atom stereocenters. The van der Waals surface area contributed by atoms with Crippen LogP contribution in [0.15, 0.2) is 29.2 Å². The van der Waals surface area contributed by atoms with E-state index in [1.807, 2.05) is 12.1 Å². The number of carbonyl (C=O) groups is 2. The Balaban J connectivity index is 1.85. The zero-order valence-electron chi connectivity index (χ0n) is 10.9. The Kier molecular flexibility index (Phi) is 5.31. The molecule has 0 aliphatic carbocycles. The van der Waals surface area contributed by atoms with E-state index in [0.717, 1.165) is 11.3 Å². The van der Waals surface area contributed by atoms with E-state index < -0.39 is 11.9 Å². The lowest BCUT2D eigenvalue weighted by molar-refractivity contribution is -0.145. The zero-order chi connectivity index (χ0) is 14.5. The predicted molar refractivity (Wildman–Crippen MR) is 79.1 cm³/mol. The number of carboxylic acids is 1. The highest BCUT2D eigenvalue weighted by Gasteiger charge is 2.27. The maximum Gasteiger partial charge on any atom is 0.308 e. The van der Waals surface area contributed by atoms with E-state index >= 15 is 0 Å². The van der Waals surface area contributed by atoms with Gasteiger partial charge in [0, 0.05) is 23.0 Å². The van der Waals surface area contributed by atoms with Crippen LogP contribution in [0, 0.1) is 5.92 Å². The van der Waals surface area contributed by atoms with Crippen molar-refractivity contribution >= 4 is 35.2 Å². The highest BCUT2D eigenvalue weighted by molar-refractivity contribution is 8.00. The summed E-state index contributed by atoms with van der Waals surface area (Å²) in [4.78, 5) is 25.7. The summed E-state index contributed by atoms with van der Waals surface area (Å²) < 4.78 is 0. The fourth-order valence-electron chi connectivity index (χ4n) is 2.17. The van der Waals surface area contributed by atoms with Gasteiger partial charge in [0.05, 0.1) is 11.7 Å². The van der Waals surface area contributed by atoms with E-state index in [9.17, 15) is 9.59 Å². The second-order valence-corrected chi connectivity index (χ2v) is 6.24. The molecule has 0 saturated carbocycles. The summed E-state index contributed by atoms with van der Waals surface area (Å²) >= 11 is 7.25. The van der Waals surface area contributed by atoms with Crippen molar-refractivity contribution in [2.45, 2.75) is 17.7 Å². The quantitative estimate of drug-likeness (QED) is 0.868. The average Bonchev–Trinajstić information content (AvgIpc) is 2.46. The molecule has 4 nitrogen and oxygen atoms in total. The number of likely N-dealkylation sites (tertiary alicyclic amines) is 1. The second kappa shape index (κ2) is 6.99. The number of rotatable bonds is 4. The highest BCUT2D eigenvalue weighted by Crippen LogP contribution is 2.22. The van der Waals surface area contributed by atoms with Gasteiger partial charge in [-0.3, -0.25) is 9.59 Å². The molecule has 0 spiro atoms. The molecule has 1 fully saturated rings. The van der Waals surface area contributed by atoms with E-state index in [1.54, 1.807) is 17.0 Å². The van der Waals surface area contributed by atoms with Gasteiger partial charge in [-0.15, -0.1) is 11.8 Å². The average molecular weight is 314 g/mol. The zero-order valence-corrected chi connectivity index (χ0v) is 12.5. The first kappa shape index (κ1) is 15.2. The lowest BCUT2D eigenvalue weighted by atomic mass is 9.98. The summed E-state index contributed by atoms with van der Waals surface area (Å²) in [5, 5.41) is 9.68. The van der Waals surface area contributed by atoms with Gasteiger partial charge in [-0.1, -0.05) is 11.6 Å². The standard InChI is InChI=1S/C14H16ClNO3S/c15-11-3-5-12(6-4-11)20-9-13(17)16-7-1-2-10(8-16)14(18)19/h3-6,10H,1-2,7-9H2,(H,18,19)/t10-/m0/s1. The molecule has 20 heavy (non-hydrogen) atoms. The van der Waals surface area contributed by atoms with Gasteiger partial charge in [0.1, 0.15) is 0 Å². The van der Waals surface area contributed by atoms with Crippen LogP contribution in [0.5, 0.6) is 0 Å². The molecule has 1 heterocycles. The van der Waals surface area contributed by atoms with Crippen molar-refractivity contribution in [1.82, 2.24) is 4.90 Å².